The predicted octanol–water partition coefficient (Wildman–Crippen LogP) is 4.71. The molecule has 422 valence electrons. The molecule has 0 spiro atoms. The van der Waals surface area contributed by atoms with E-state index in [0.29, 0.717) is 17.0 Å². The summed E-state index contributed by atoms with van der Waals surface area (Å²) in [6.07, 6.45) is -2.15. The van der Waals surface area contributed by atoms with E-state index in [2.05, 4.69) is 56.7 Å². The monoisotopic (exact) mass is 1100 g/mol. The number of aryl methyl sites for hydroxylation is 2. The molecule has 5 rings (SSSR count). The summed E-state index contributed by atoms with van der Waals surface area (Å²) in [7, 11) is -2.48. The van der Waals surface area contributed by atoms with Crippen LogP contribution in [-0.4, -0.2) is 133 Å². The summed E-state index contributed by atoms with van der Waals surface area (Å²) >= 11 is 0. The van der Waals surface area contributed by atoms with Gasteiger partial charge >= 0.3 is 28.4 Å². The summed E-state index contributed by atoms with van der Waals surface area (Å²) in [5.41, 5.74) is 0.902. The molecule has 1 aliphatic rings. The van der Waals surface area contributed by atoms with Gasteiger partial charge in [-0.05, 0) is 109 Å². The minimum atomic E-state index is -4.81. The maximum Gasteiger partial charge on any atom is 0.422 e. The van der Waals surface area contributed by atoms with Crippen molar-refractivity contribution in [2.75, 3.05) is 33.9 Å². The third-order valence-electron chi connectivity index (χ3n) is 11.9. The largest absolute Gasteiger partial charge is 0.507 e. The predicted molar refractivity (Wildman–Crippen MR) is 287 cm³/mol. The molecule has 3 aromatic carbocycles. The minimum Gasteiger partial charge on any atom is -0.507 e. The standard InChI is InChI=1S/C54H71N9O14S/c1-29-42(30(2)58-44(57-29)33-16-19-35(20-17-33)52(4,5)6)46(66)61-39(28-56-78(72,73)62-51(71)77-54(10,11)12)48(68)63(13)43-34-18-21-40(64)36(27-34)37-25-32(15-22-41(37)75-24-23-55-50(70)76-53(7,8)9)26-38(49(69)74-14)60-45(65)31(3)59-47(43)67/h15-22,25,27,31,38-39,43,56,64H,23-24,26,28H2,1-14H3,(H,55,70)(H,59,67)(H,60,65)(H,61,66)(H,62,71)/t31-,38-,39-,43-/m0/s1. The fraction of sp³-hybridized carbons (Fsp3) is 0.463. The number of esters is 1. The molecule has 6 amide bonds. The number of phenolic OH excluding ortho intramolecular Hbond substituents is 1. The number of phenols is 1. The first kappa shape index (κ1) is 61.0. The summed E-state index contributed by atoms with van der Waals surface area (Å²) in [5.74, 6) is -4.43. The Hall–Kier alpha value is -7.86. The topological polar surface area (TPSA) is 312 Å². The quantitative estimate of drug-likeness (QED) is 0.0511. The molecule has 1 aromatic heterocycles. The van der Waals surface area contributed by atoms with Crippen LogP contribution in [0.4, 0.5) is 9.59 Å². The van der Waals surface area contributed by atoms with Crippen LogP contribution in [0.15, 0.2) is 60.7 Å². The second-order valence-electron chi connectivity index (χ2n) is 21.7. The third-order valence-corrected chi connectivity index (χ3v) is 12.9. The molecule has 0 radical (unpaired) electrons. The number of ether oxygens (including phenoxy) is 4. The molecule has 0 aliphatic carbocycles. The molecule has 0 fully saturated rings. The van der Waals surface area contributed by atoms with Crippen molar-refractivity contribution < 1.29 is 66.0 Å². The van der Waals surface area contributed by atoms with E-state index in [1.807, 2.05) is 24.3 Å². The highest BCUT2D eigenvalue weighted by molar-refractivity contribution is 7.88. The average Bonchev–Trinajstić information content (AvgIpc) is 3.35. The van der Waals surface area contributed by atoms with Crippen LogP contribution in [0.5, 0.6) is 11.5 Å². The van der Waals surface area contributed by atoms with E-state index in [4.69, 9.17) is 18.9 Å². The SMILES string of the molecule is COC(=O)[C@@H]1Cc2ccc(OCCNC(=O)OC(C)(C)C)c(c2)-c2cc(ccc2O)[C@H](N(C)C(=O)[C@H](CNS(=O)(=O)NC(=O)OC(C)(C)C)NC(=O)c2c(C)nc(-c3ccc(C(C)(C)C)cc3)nc2C)C(=O)N[C@@H](C)C(=O)N1. The smallest absolute Gasteiger partial charge is 0.422 e. The van der Waals surface area contributed by atoms with E-state index in [-0.39, 0.29) is 70.1 Å². The van der Waals surface area contributed by atoms with E-state index < -0.39 is 93.9 Å². The number of carbonyl (C=O) groups is 7. The van der Waals surface area contributed by atoms with Gasteiger partial charge in [0.1, 0.15) is 53.5 Å². The molecule has 23 nitrogen and oxygen atoms in total. The normalized spacial score (nSPS) is 16.5. The first-order valence-electron chi connectivity index (χ1n) is 25.0. The lowest BCUT2D eigenvalue weighted by molar-refractivity contribution is -0.145. The van der Waals surface area contributed by atoms with Gasteiger partial charge in [-0.15, -0.1) is 0 Å². The van der Waals surface area contributed by atoms with Crippen LogP contribution in [0.2, 0.25) is 0 Å². The Morgan fingerprint density at radius 3 is 2.03 bits per heavy atom. The maximum absolute atomic E-state index is 15.1. The van der Waals surface area contributed by atoms with Crippen LogP contribution in [0.1, 0.15) is 114 Å². The van der Waals surface area contributed by atoms with E-state index >= 15 is 4.79 Å². The lowest BCUT2D eigenvalue weighted by atomic mass is 9.86. The third kappa shape index (κ3) is 16.6. The number of nitrogens with one attached hydrogen (secondary N) is 6. The van der Waals surface area contributed by atoms with Gasteiger partial charge in [0.15, 0.2) is 5.82 Å². The van der Waals surface area contributed by atoms with Crippen molar-refractivity contribution in [3.63, 3.8) is 0 Å². The molecule has 0 saturated carbocycles. The van der Waals surface area contributed by atoms with Crippen LogP contribution in [0, 0.1) is 13.8 Å². The zero-order chi connectivity index (χ0) is 58.2. The molecular weight excluding hydrogens is 1030 g/mol. The number of hydrogen-bond donors (Lipinski definition) is 7. The zero-order valence-corrected chi connectivity index (χ0v) is 47.2. The lowest BCUT2D eigenvalue weighted by Crippen LogP contribution is -2.57. The van der Waals surface area contributed by atoms with E-state index in [1.54, 1.807) is 57.5 Å². The summed E-state index contributed by atoms with van der Waals surface area (Å²) in [5, 5.41) is 21.9. The van der Waals surface area contributed by atoms with Crippen molar-refractivity contribution in [3.05, 3.63) is 94.3 Å². The Morgan fingerprint density at radius 2 is 1.44 bits per heavy atom. The van der Waals surface area contributed by atoms with Crippen molar-refractivity contribution in [1.29, 1.82) is 0 Å². The number of alkyl carbamates (subject to hydrolysis) is 1. The minimum absolute atomic E-state index is 0.0134. The molecule has 7 N–H and O–H groups in total. The van der Waals surface area contributed by atoms with Crippen LogP contribution >= 0.6 is 0 Å². The molecule has 0 unspecified atom stereocenters. The van der Waals surface area contributed by atoms with Gasteiger partial charge in [-0.25, -0.2) is 29.1 Å². The molecule has 78 heavy (non-hydrogen) atoms. The highest BCUT2D eigenvalue weighted by Gasteiger charge is 2.38. The Balaban J connectivity index is 1.60. The average molecular weight is 1100 g/mol. The first-order chi connectivity index (χ1) is 36.2. The number of aromatic hydroxyl groups is 1. The number of carbonyl (C=O) groups excluding carboxylic acids is 7. The van der Waals surface area contributed by atoms with Crippen molar-refractivity contribution >= 4 is 52.0 Å². The number of likely N-dealkylation sites (N-methyl/N-ethyl adjacent to an activating group) is 1. The second kappa shape index (κ2) is 24.6. The number of amides is 6. The van der Waals surface area contributed by atoms with Gasteiger partial charge in [-0.3, -0.25) is 19.2 Å². The van der Waals surface area contributed by atoms with Gasteiger partial charge in [0, 0.05) is 36.7 Å². The molecule has 1 aliphatic heterocycles. The lowest BCUT2D eigenvalue weighted by Gasteiger charge is -2.32. The van der Waals surface area contributed by atoms with Crippen molar-refractivity contribution in [3.8, 4) is 34.0 Å². The molecule has 2 heterocycles. The van der Waals surface area contributed by atoms with Crippen LogP contribution < -0.4 is 35.4 Å². The Morgan fingerprint density at radius 1 is 0.821 bits per heavy atom. The van der Waals surface area contributed by atoms with Gasteiger partial charge in [-0.1, -0.05) is 57.2 Å². The van der Waals surface area contributed by atoms with Gasteiger partial charge in [0.2, 0.25) is 17.7 Å². The summed E-state index contributed by atoms with van der Waals surface area (Å²) in [4.78, 5) is 106. The fourth-order valence-electron chi connectivity index (χ4n) is 8.12. The zero-order valence-electron chi connectivity index (χ0n) is 46.4. The molecule has 4 aromatic rings. The first-order valence-corrected chi connectivity index (χ1v) is 26.4. The Bertz CT molecular complexity index is 3020. The number of nitrogens with zero attached hydrogens (tertiary/aromatic N) is 3. The highest BCUT2D eigenvalue weighted by Crippen LogP contribution is 2.40. The van der Waals surface area contributed by atoms with E-state index in [1.165, 1.54) is 52.9 Å². The van der Waals surface area contributed by atoms with E-state index in [9.17, 15) is 42.3 Å². The van der Waals surface area contributed by atoms with Gasteiger partial charge < -0.3 is 50.2 Å². The highest BCUT2D eigenvalue weighted by atomic mass is 32.2. The molecular formula is C54H71N9O14S. The molecule has 24 heteroatoms. The fourth-order valence-corrected chi connectivity index (χ4v) is 8.84. The van der Waals surface area contributed by atoms with Gasteiger partial charge in [0.25, 0.3) is 5.91 Å². The van der Waals surface area contributed by atoms with Crippen LogP contribution in [0.3, 0.4) is 0 Å². The molecule has 4 atom stereocenters. The van der Waals surface area contributed by atoms with Crippen molar-refractivity contribution in [2.24, 2.45) is 0 Å². The number of rotatable bonds is 14. The van der Waals surface area contributed by atoms with E-state index in [0.717, 1.165) is 17.6 Å². The summed E-state index contributed by atoms with van der Waals surface area (Å²) in [6.45, 7) is 19.3. The van der Waals surface area contributed by atoms with Gasteiger partial charge in [0.05, 0.1) is 30.6 Å². The summed E-state index contributed by atoms with van der Waals surface area (Å²) < 4.78 is 52.1. The number of hydrogen-bond acceptors (Lipinski definition) is 16. The second-order valence-corrected chi connectivity index (χ2v) is 23.2. The number of aromatic nitrogens is 2. The number of methoxy groups -OCH3 is 1. The Kier molecular flexibility index (Phi) is 19.3. The van der Waals surface area contributed by atoms with Crippen molar-refractivity contribution in [2.45, 2.75) is 130 Å². The van der Waals surface area contributed by atoms with Crippen molar-refractivity contribution in [1.82, 2.24) is 45.6 Å². The number of benzene rings is 3. The molecule has 4 bridgehead atoms. The summed E-state index contributed by atoms with van der Waals surface area (Å²) in [6, 6.07) is 10.2. The number of fused-ring (bicyclic) bond motifs is 5. The Labute approximate surface area is 454 Å². The maximum atomic E-state index is 15.1. The van der Waals surface area contributed by atoms with Gasteiger partial charge in [-0.2, -0.15) is 13.1 Å². The van der Waals surface area contributed by atoms with Crippen LogP contribution in [0.25, 0.3) is 22.5 Å². The molecule has 0 saturated heterocycles. The van der Waals surface area contributed by atoms with Crippen LogP contribution in [-0.2, 0) is 55.4 Å².